The first-order chi connectivity index (χ1) is 9.56. The number of benzene rings is 1. The number of hydrogen-bond acceptors (Lipinski definition) is 4. The van der Waals surface area contributed by atoms with Gasteiger partial charge in [-0.25, -0.2) is 0 Å². The third-order valence-corrected chi connectivity index (χ3v) is 2.56. The lowest BCUT2D eigenvalue weighted by atomic mass is 10.2. The molecular weight excluding hydrogens is 258 g/mol. The Balaban J connectivity index is 2.60. The number of esters is 1. The average molecular weight is 277 g/mol. The Morgan fingerprint density at radius 1 is 1.35 bits per heavy atom. The van der Waals surface area contributed by atoms with Gasteiger partial charge in [-0.2, -0.15) is 0 Å². The van der Waals surface area contributed by atoms with Crippen LogP contribution in [-0.2, 0) is 14.3 Å². The normalized spacial score (nSPS) is 10.3. The SMILES string of the molecule is CCOC(=O)CN(C)C(=O)C=Cc1cccc(OC)c1. The molecule has 0 N–H and O–H groups in total. The van der Waals surface area contributed by atoms with Crippen molar-refractivity contribution >= 4 is 18.0 Å². The van der Waals surface area contributed by atoms with Crippen LogP contribution in [0, 0.1) is 0 Å². The van der Waals surface area contributed by atoms with Crippen molar-refractivity contribution in [1.29, 1.82) is 0 Å². The van der Waals surface area contributed by atoms with E-state index in [9.17, 15) is 9.59 Å². The van der Waals surface area contributed by atoms with Crippen molar-refractivity contribution in [3.63, 3.8) is 0 Å². The Kier molecular flexibility index (Phi) is 6.29. The van der Waals surface area contributed by atoms with Gasteiger partial charge in [-0.05, 0) is 30.7 Å². The van der Waals surface area contributed by atoms with Gasteiger partial charge in [0.15, 0.2) is 0 Å². The predicted octanol–water partition coefficient (Wildman–Crippen LogP) is 1.73. The van der Waals surface area contributed by atoms with Crippen molar-refractivity contribution < 1.29 is 19.1 Å². The Morgan fingerprint density at radius 2 is 2.10 bits per heavy atom. The molecule has 5 heteroatoms. The topological polar surface area (TPSA) is 55.8 Å². The van der Waals surface area contributed by atoms with Crippen molar-refractivity contribution in [2.75, 3.05) is 27.3 Å². The number of nitrogens with zero attached hydrogens (tertiary/aromatic N) is 1. The van der Waals surface area contributed by atoms with Crippen LogP contribution in [0.25, 0.3) is 6.08 Å². The van der Waals surface area contributed by atoms with Crippen molar-refractivity contribution in [1.82, 2.24) is 4.90 Å². The van der Waals surface area contributed by atoms with Crippen LogP contribution in [-0.4, -0.2) is 44.1 Å². The Morgan fingerprint density at radius 3 is 2.75 bits per heavy atom. The van der Waals surface area contributed by atoms with Gasteiger partial charge in [0.25, 0.3) is 0 Å². The van der Waals surface area contributed by atoms with Gasteiger partial charge in [0.1, 0.15) is 12.3 Å². The summed E-state index contributed by atoms with van der Waals surface area (Å²) in [6, 6.07) is 7.34. The van der Waals surface area contributed by atoms with E-state index in [1.807, 2.05) is 24.3 Å². The number of carbonyl (C=O) groups is 2. The molecule has 1 amide bonds. The number of rotatable bonds is 6. The summed E-state index contributed by atoms with van der Waals surface area (Å²) in [5, 5.41) is 0. The zero-order valence-corrected chi connectivity index (χ0v) is 12.0. The second kappa shape index (κ2) is 7.99. The molecule has 0 heterocycles. The van der Waals surface area contributed by atoms with Gasteiger partial charge < -0.3 is 14.4 Å². The summed E-state index contributed by atoms with van der Waals surface area (Å²) in [4.78, 5) is 24.4. The minimum atomic E-state index is -0.418. The number of methoxy groups -OCH3 is 1. The highest BCUT2D eigenvalue weighted by Gasteiger charge is 2.10. The van der Waals surface area contributed by atoms with Gasteiger partial charge in [0, 0.05) is 13.1 Å². The first kappa shape index (κ1) is 15.8. The molecule has 0 saturated carbocycles. The molecule has 5 nitrogen and oxygen atoms in total. The molecule has 1 rings (SSSR count). The highest BCUT2D eigenvalue weighted by Crippen LogP contribution is 2.13. The Hall–Kier alpha value is -2.30. The largest absolute Gasteiger partial charge is 0.497 e. The molecule has 20 heavy (non-hydrogen) atoms. The second-order valence-corrected chi connectivity index (χ2v) is 4.11. The number of ether oxygens (including phenoxy) is 2. The van der Waals surface area contributed by atoms with Crippen LogP contribution in [0.15, 0.2) is 30.3 Å². The molecule has 0 fully saturated rings. The van der Waals surface area contributed by atoms with Crippen LogP contribution >= 0.6 is 0 Å². The van der Waals surface area contributed by atoms with Gasteiger partial charge in [-0.15, -0.1) is 0 Å². The number of amides is 1. The van der Waals surface area contributed by atoms with E-state index in [0.29, 0.717) is 6.61 Å². The number of hydrogen-bond donors (Lipinski definition) is 0. The smallest absolute Gasteiger partial charge is 0.325 e. The van der Waals surface area contributed by atoms with Gasteiger partial charge in [-0.1, -0.05) is 12.1 Å². The number of carbonyl (C=O) groups excluding carboxylic acids is 2. The lowest BCUT2D eigenvalue weighted by molar-refractivity contribution is -0.146. The van der Waals surface area contributed by atoms with Crippen LogP contribution < -0.4 is 4.74 Å². The maximum atomic E-state index is 11.8. The number of likely N-dealkylation sites (N-methyl/N-ethyl adjacent to an activating group) is 1. The Bertz CT molecular complexity index is 496. The molecule has 1 aromatic carbocycles. The quantitative estimate of drug-likeness (QED) is 0.587. The molecular formula is C15H19NO4. The summed E-state index contributed by atoms with van der Waals surface area (Å²) in [5.41, 5.74) is 0.849. The molecule has 0 aliphatic rings. The van der Waals surface area contributed by atoms with E-state index in [1.54, 1.807) is 27.2 Å². The van der Waals surface area contributed by atoms with Gasteiger partial charge in [0.05, 0.1) is 13.7 Å². The van der Waals surface area contributed by atoms with E-state index in [2.05, 4.69) is 0 Å². The van der Waals surface area contributed by atoms with Crippen molar-refractivity contribution in [2.45, 2.75) is 6.92 Å². The molecule has 0 atom stereocenters. The maximum Gasteiger partial charge on any atom is 0.325 e. The van der Waals surface area contributed by atoms with Crippen LogP contribution in [0.4, 0.5) is 0 Å². The van der Waals surface area contributed by atoms with E-state index in [0.717, 1.165) is 11.3 Å². The predicted molar refractivity (Wildman–Crippen MR) is 76.3 cm³/mol. The van der Waals surface area contributed by atoms with Gasteiger partial charge in [-0.3, -0.25) is 9.59 Å². The zero-order valence-electron chi connectivity index (χ0n) is 12.0. The third kappa shape index (κ3) is 5.14. The highest BCUT2D eigenvalue weighted by molar-refractivity contribution is 5.93. The van der Waals surface area contributed by atoms with Crippen LogP contribution in [0.1, 0.15) is 12.5 Å². The summed E-state index contributed by atoms with van der Waals surface area (Å²) in [5.74, 6) is 0.0403. The molecule has 0 aromatic heterocycles. The second-order valence-electron chi connectivity index (χ2n) is 4.11. The fourth-order valence-electron chi connectivity index (χ4n) is 1.52. The zero-order chi connectivity index (χ0) is 15.0. The fraction of sp³-hybridized carbons (Fsp3) is 0.333. The first-order valence-electron chi connectivity index (χ1n) is 6.29. The molecule has 0 unspecified atom stereocenters. The average Bonchev–Trinajstić information content (AvgIpc) is 2.45. The fourth-order valence-corrected chi connectivity index (χ4v) is 1.52. The van der Waals surface area contributed by atoms with E-state index in [-0.39, 0.29) is 12.5 Å². The summed E-state index contributed by atoms with van der Waals surface area (Å²) < 4.78 is 9.88. The molecule has 0 spiro atoms. The van der Waals surface area contributed by atoms with Crippen LogP contribution in [0.2, 0.25) is 0 Å². The maximum absolute atomic E-state index is 11.8. The molecule has 108 valence electrons. The van der Waals surface area contributed by atoms with E-state index >= 15 is 0 Å². The minimum absolute atomic E-state index is 0.0604. The summed E-state index contributed by atoms with van der Waals surface area (Å²) in [7, 11) is 3.14. The lowest BCUT2D eigenvalue weighted by Gasteiger charge is -2.13. The van der Waals surface area contributed by atoms with Crippen molar-refractivity contribution in [3.05, 3.63) is 35.9 Å². The molecule has 0 saturated heterocycles. The summed E-state index contributed by atoms with van der Waals surface area (Å²) >= 11 is 0. The van der Waals surface area contributed by atoms with Crippen molar-refractivity contribution in [2.24, 2.45) is 0 Å². The molecule has 0 bridgehead atoms. The van der Waals surface area contributed by atoms with Gasteiger partial charge in [0.2, 0.25) is 5.91 Å². The van der Waals surface area contributed by atoms with Gasteiger partial charge >= 0.3 is 5.97 Å². The Labute approximate surface area is 118 Å². The summed E-state index contributed by atoms with van der Waals surface area (Å²) in [6.45, 7) is 1.97. The lowest BCUT2D eigenvalue weighted by Crippen LogP contribution is -2.31. The van der Waals surface area contributed by atoms with E-state index in [1.165, 1.54) is 11.0 Å². The van der Waals surface area contributed by atoms with E-state index < -0.39 is 5.97 Å². The molecule has 0 aliphatic heterocycles. The highest BCUT2D eigenvalue weighted by atomic mass is 16.5. The molecule has 0 radical (unpaired) electrons. The first-order valence-corrected chi connectivity index (χ1v) is 6.29. The standard InChI is InChI=1S/C15H19NO4/c1-4-20-15(18)11-16(2)14(17)9-8-12-6-5-7-13(10-12)19-3/h5-10H,4,11H2,1-3H3. The third-order valence-electron chi connectivity index (χ3n) is 2.56. The van der Waals surface area contributed by atoms with E-state index in [4.69, 9.17) is 9.47 Å². The molecule has 1 aromatic rings. The van der Waals surface area contributed by atoms with Crippen LogP contribution in [0.3, 0.4) is 0 Å². The van der Waals surface area contributed by atoms with Crippen LogP contribution in [0.5, 0.6) is 5.75 Å². The minimum Gasteiger partial charge on any atom is -0.497 e. The van der Waals surface area contributed by atoms with Crippen molar-refractivity contribution in [3.8, 4) is 5.75 Å². The molecule has 0 aliphatic carbocycles. The monoisotopic (exact) mass is 277 g/mol. The summed E-state index contributed by atoms with van der Waals surface area (Å²) in [6.07, 6.45) is 3.08.